The van der Waals surface area contributed by atoms with Gasteiger partial charge >= 0.3 is 0 Å². The van der Waals surface area contributed by atoms with Gasteiger partial charge in [-0.2, -0.15) is 5.26 Å². The SMILES string of the molecule is Cc1c(Nc2ccc(Br)cc2F)c(C(=O)NOCC#N)cn(C)c1=O. The molecule has 0 unspecified atom stereocenters. The molecule has 25 heavy (non-hydrogen) atoms. The molecule has 0 spiro atoms. The lowest BCUT2D eigenvalue weighted by molar-refractivity contribution is 0.0434. The molecule has 0 aliphatic heterocycles. The number of rotatable bonds is 5. The number of nitrogens with zero attached hydrogens (tertiary/aromatic N) is 2. The molecular formula is C16H14BrFN4O3. The molecule has 0 bridgehead atoms. The van der Waals surface area contributed by atoms with Gasteiger partial charge < -0.3 is 9.88 Å². The summed E-state index contributed by atoms with van der Waals surface area (Å²) in [5.41, 5.74) is 2.33. The zero-order valence-electron chi connectivity index (χ0n) is 13.4. The summed E-state index contributed by atoms with van der Waals surface area (Å²) < 4.78 is 15.9. The molecule has 0 radical (unpaired) electrons. The lowest BCUT2D eigenvalue weighted by atomic mass is 10.1. The van der Waals surface area contributed by atoms with Crippen molar-refractivity contribution in [1.82, 2.24) is 10.0 Å². The van der Waals surface area contributed by atoms with Gasteiger partial charge in [0.25, 0.3) is 11.5 Å². The highest BCUT2D eigenvalue weighted by molar-refractivity contribution is 9.10. The summed E-state index contributed by atoms with van der Waals surface area (Å²) in [5.74, 6) is -1.23. The van der Waals surface area contributed by atoms with Crippen molar-refractivity contribution in [3.63, 3.8) is 0 Å². The number of pyridine rings is 1. The molecule has 2 aromatic rings. The van der Waals surface area contributed by atoms with E-state index in [1.54, 1.807) is 12.1 Å². The highest BCUT2D eigenvalue weighted by atomic mass is 79.9. The minimum absolute atomic E-state index is 0.0693. The van der Waals surface area contributed by atoms with Crippen LogP contribution in [0.2, 0.25) is 0 Å². The Kier molecular flexibility index (Phi) is 5.90. The molecule has 0 saturated carbocycles. The number of hydrogen-bond donors (Lipinski definition) is 2. The van der Waals surface area contributed by atoms with E-state index in [1.165, 1.54) is 36.9 Å². The number of benzene rings is 1. The quantitative estimate of drug-likeness (QED) is 0.585. The highest BCUT2D eigenvalue weighted by Gasteiger charge is 2.19. The molecule has 0 fully saturated rings. The van der Waals surface area contributed by atoms with Crippen LogP contribution in [0.5, 0.6) is 0 Å². The third-order valence-corrected chi connectivity index (χ3v) is 3.84. The Morgan fingerprint density at radius 1 is 1.48 bits per heavy atom. The molecule has 2 rings (SSSR count). The Balaban J connectivity index is 2.48. The number of anilines is 2. The molecule has 0 aliphatic rings. The maximum absolute atomic E-state index is 14.1. The molecule has 130 valence electrons. The fourth-order valence-corrected chi connectivity index (χ4v) is 2.47. The first-order valence-electron chi connectivity index (χ1n) is 7.06. The second-order valence-electron chi connectivity index (χ2n) is 5.09. The fraction of sp³-hybridized carbons (Fsp3) is 0.188. The second kappa shape index (κ2) is 7.92. The highest BCUT2D eigenvalue weighted by Crippen LogP contribution is 2.26. The molecular weight excluding hydrogens is 395 g/mol. The van der Waals surface area contributed by atoms with Gasteiger partial charge in [-0.15, -0.1) is 0 Å². The van der Waals surface area contributed by atoms with Gasteiger partial charge in [-0.25, -0.2) is 9.87 Å². The average Bonchev–Trinajstić information content (AvgIpc) is 2.57. The summed E-state index contributed by atoms with van der Waals surface area (Å²) in [7, 11) is 1.49. The number of nitrogens with one attached hydrogen (secondary N) is 2. The third kappa shape index (κ3) is 4.23. The van der Waals surface area contributed by atoms with Crippen LogP contribution in [-0.4, -0.2) is 17.1 Å². The first kappa shape index (κ1) is 18.6. The van der Waals surface area contributed by atoms with Gasteiger partial charge in [-0.05, 0) is 25.1 Å². The van der Waals surface area contributed by atoms with E-state index in [0.29, 0.717) is 4.47 Å². The molecule has 0 atom stereocenters. The first-order valence-corrected chi connectivity index (χ1v) is 7.85. The second-order valence-corrected chi connectivity index (χ2v) is 6.00. The Bertz CT molecular complexity index is 921. The summed E-state index contributed by atoms with van der Waals surface area (Å²) in [6.07, 6.45) is 1.31. The number of nitriles is 1. The molecule has 1 heterocycles. The van der Waals surface area contributed by atoms with Crippen LogP contribution >= 0.6 is 15.9 Å². The van der Waals surface area contributed by atoms with Crippen LogP contribution in [0, 0.1) is 24.1 Å². The van der Waals surface area contributed by atoms with E-state index in [4.69, 9.17) is 10.1 Å². The smallest absolute Gasteiger partial charge is 0.278 e. The number of hydroxylamine groups is 1. The van der Waals surface area contributed by atoms with Crippen molar-refractivity contribution in [2.24, 2.45) is 7.05 Å². The Hall–Kier alpha value is -2.70. The summed E-state index contributed by atoms with van der Waals surface area (Å²) >= 11 is 3.16. The predicted octanol–water partition coefficient (Wildman–Crippen LogP) is 2.52. The molecule has 2 N–H and O–H groups in total. The number of carbonyl (C=O) groups is 1. The van der Waals surface area contributed by atoms with Crippen LogP contribution < -0.4 is 16.4 Å². The predicted molar refractivity (Wildman–Crippen MR) is 92.8 cm³/mol. The minimum Gasteiger partial charge on any atom is -0.352 e. The van der Waals surface area contributed by atoms with Crippen molar-refractivity contribution >= 4 is 33.2 Å². The first-order chi connectivity index (χ1) is 11.8. The summed E-state index contributed by atoms with van der Waals surface area (Å²) in [4.78, 5) is 29.2. The van der Waals surface area contributed by atoms with Gasteiger partial charge in [0.1, 0.15) is 5.82 Å². The topological polar surface area (TPSA) is 96.2 Å². The third-order valence-electron chi connectivity index (χ3n) is 3.35. The number of halogens is 2. The van der Waals surface area contributed by atoms with E-state index in [1.807, 2.05) is 0 Å². The van der Waals surface area contributed by atoms with E-state index >= 15 is 0 Å². The Morgan fingerprint density at radius 3 is 2.84 bits per heavy atom. The number of aromatic nitrogens is 1. The molecule has 7 nitrogen and oxygen atoms in total. The molecule has 1 aromatic carbocycles. The number of amides is 1. The average molecular weight is 409 g/mol. The van der Waals surface area contributed by atoms with Gasteiger partial charge in [-0.3, -0.25) is 14.4 Å². The van der Waals surface area contributed by atoms with Gasteiger partial charge in [0.15, 0.2) is 6.61 Å². The van der Waals surface area contributed by atoms with Crippen molar-refractivity contribution in [2.45, 2.75) is 6.92 Å². The van der Waals surface area contributed by atoms with E-state index < -0.39 is 11.7 Å². The molecule has 9 heteroatoms. The van der Waals surface area contributed by atoms with E-state index in [2.05, 4.69) is 26.7 Å². The monoisotopic (exact) mass is 408 g/mol. The van der Waals surface area contributed by atoms with Crippen molar-refractivity contribution in [1.29, 1.82) is 5.26 Å². The Labute approximate surface area is 151 Å². The maximum Gasteiger partial charge on any atom is 0.278 e. The molecule has 0 saturated heterocycles. The molecule has 0 aliphatic carbocycles. The fourth-order valence-electron chi connectivity index (χ4n) is 2.14. The van der Waals surface area contributed by atoms with Gasteiger partial charge in [0, 0.05) is 23.3 Å². The van der Waals surface area contributed by atoms with Crippen molar-refractivity contribution in [3.8, 4) is 6.07 Å². The van der Waals surface area contributed by atoms with E-state index in [9.17, 15) is 14.0 Å². The molecule has 1 amide bonds. The minimum atomic E-state index is -0.672. The van der Waals surface area contributed by atoms with E-state index in [-0.39, 0.29) is 34.7 Å². The van der Waals surface area contributed by atoms with E-state index in [0.717, 1.165) is 0 Å². The zero-order valence-corrected chi connectivity index (χ0v) is 15.0. The van der Waals surface area contributed by atoms with Gasteiger partial charge in [0.2, 0.25) is 0 Å². The largest absolute Gasteiger partial charge is 0.352 e. The van der Waals surface area contributed by atoms with Gasteiger partial charge in [-0.1, -0.05) is 15.9 Å². The number of carbonyl (C=O) groups excluding carboxylic acids is 1. The van der Waals surface area contributed by atoms with Crippen LogP contribution in [0.3, 0.4) is 0 Å². The van der Waals surface area contributed by atoms with Crippen LogP contribution in [0.15, 0.2) is 33.7 Å². The standard InChI is InChI=1S/C16H14BrFN4O3/c1-9-14(20-13-4-3-10(17)7-12(13)18)11(8-22(2)16(9)24)15(23)21-25-6-5-19/h3-4,7-8,20H,6H2,1-2H3,(H,21,23). The summed E-state index contributed by atoms with van der Waals surface area (Å²) in [6, 6.07) is 6.07. The van der Waals surface area contributed by atoms with Crippen LogP contribution in [0.4, 0.5) is 15.8 Å². The van der Waals surface area contributed by atoms with Crippen LogP contribution in [0.1, 0.15) is 15.9 Å². The Morgan fingerprint density at radius 2 is 2.20 bits per heavy atom. The van der Waals surface area contributed by atoms with Crippen molar-refractivity contribution in [3.05, 3.63) is 56.2 Å². The maximum atomic E-state index is 14.1. The van der Waals surface area contributed by atoms with Crippen molar-refractivity contribution < 1.29 is 14.0 Å². The summed E-state index contributed by atoms with van der Waals surface area (Å²) in [6.45, 7) is 1.19. The number of hydrogen-bond acceptors (Lipinski definition) is 5. The number of aryl methyl sites for hydroxylation is 1. The lowest BCUT2D eigenvalue weighted by Crippen LogP contribution is -2.29. The zero-order chi connectivity index (χ0) is 18.6. The summed E-state index contributed by atoms with van der Waals surface area (Å²) in [5, 5.41) is 11.2. The van der Waals surface area contributed by atoms with Crippen molar-refractivity contribution in [2.75, 3.05) is 11.9 Å². The van der Waals surface area contributed by atoms with Gasteiger partial charge in [0.05, 0.1) is 23.0 Å². The molecule has 1 aromatic heterocycles. The lowest BCUT2D eigenvalue weighted by Gasteiger charge is -2.16. The van der Waals surface area contributed by atoms with Crippen LogP contribution in [0.25, 0.3) is 0 Å². The van der Waals surface area contributed by atoms with Crippen LogP contribution in [-0.2, 0) is 11.9 Å². The normalized spacial score (nSPS) is 10.2.